The maximum absolute atomic E-state index is 11.6. The lowest BCUT2D eigenvalue weighted by atomic mass is 9.98. The molecule has 28 heavy (non-hydrogen) atoms. The average Bonchev–Trinajstić information content (AvgIpc) is 2.72. The van der Waals surface area contributed by atoms with Crippen molar-refractivity contribution in [3.63, 3.8) is 0 Å². The molecule has 0 bridgehead atoms. The van der Waals surface area contributed by atoms with Gasteiger partial charge < -0.3 is 24.1 Å². The summed E-state index contributed by atoms with van der Waals surface area (Å²) in [5.74, 6) is -0.476. The van der Waals surface area contributed by atoms with Crippen molar-refractivity contribution >= 4 is 17.7 Å². The molecule has 2 saturated heterocycles. The van der Waals surface area contributed by atoms with Crippen molar-refractivity contribution in [3.8, 4) is 0 Å². The van der Waals surface area contributed by atoms with Crippen LogP contribution in [0, 0.1) is 0 Å². The maximum atomic E-state index is 11.6. The van der Waals surface area contributed by atoms with Crippen LogP contribution in [-0.4, -0.2) is 47.5 Å². The minimum Gasteiger partial charge on any atom is -0.456 e. The van der Waals surface area contributed by atoms with Gasteiger partial charge in [-0.3, -0.25) is 4.79 Å². The lowest BCUT2D eigenvalue weighted by Gasteiger charge is -2.47. The Hall–Kier alpha value is -1.90. The molecule has 4 rings (SSSR count). The highest BCUT2D eigenvalue weighted by atomic mass is 32.2. The van der Waals surface area contributed by atoms with Crippen molar-refractivity contribution in [1.82, 2.24) is 0 Å². The topological polar surface area (TPSA) is 74.2 Å². The molecule has 2 heterocycles. The summed E-state index contributed by atoms with van der Waals surface area (Å²) in [5.41, 5.74) is 0.293. The molecule has 148 valence electrons. The number of rotatable bonds is 4. The van der Waals surface area contributed by atoms with Crippen LogP contribution >= 0.6 is 11.8 Å². The van der Waals surface area contributed by atoms with Crippen LogP contribution in [0.3, 0.4) is 0 Å². The lowest BCUT2D eigenvalue weighted by molar-refractivity contribution is -0.319. The third kappa shape index (κ3) is 4.24. The number of fused-ring (bicyclic) bond motifs is 1. The minimum absolute atomic E-state index is 0.278. The van der Waals surface area contributed by atoms with Crippen LogP contribution in [0.2, 0.25) is 0 Å². The number of hydrogen-bond donors (Lipinski definition) is 1. The first-order valence-corrected chi connectivity index (χ1v) is 10.0. The largest absolute Gasteiger partial charge is 0.456 e. The first kappa shape index (κ1) is 19.4. The van der Waals surface area contributed by atoms with E-state index >= 15 is 0 Å². The Morgan fingerprint density at radius 3 is 2.43 bits per heavy atom. The SMILES string of the molecule is CC(=O)O[C@@H]1[C@H](Sc2ccccc2)OC2COC(c3ccccc3)OC2[C@@H]1O. The molecule has 2 fully saturated rings. The Labute approximate surface area is 167 Å². The summed E-state index contributed by atoms with van der Waals surface area (Å²) < 4.78 is 23.4. The van der Waals surface area contributed by atoms with E-state index in [9.17, 15) is 9.90 Å². The van der Waals surface area contributed by atoms with Gasteiger partial charge in [-0.2, -0.15) is 0 Å². The summed E-state index contributed by atoms with van der Waals surface area (Å²) in [6, 6.07) is 19.2. The van der Waals surface area contributed by atoms with E-state index in [0.29, 0.717) is 0 Å². The standard InChI is InChI=1S/C21H22O6S/c1-13(22)25-19-17(23)18-16(26-21(19)28-15-10-6-3-7-11-15)12-24-20(27-18)14-8-4-2-5-9-14/h2-11,16-21,23H,12H2,1H3/t16?,17-,18?,19-,20?,21-/m0/s1. The van der Waals surface area contributed by atoms with Gasteiger partial charge in [0.15, 0.2) is 12.4 Å². The molecule has 0 aliphatic carbocycles. The Kier molecular flexibility index (Phi) is 5.99. The van der Waals surface area contributed by atoms with Gasteiger partial charge in [0.25, 0.3) is 0 Å². The molecule has 2 aromatic rings. The molecule has 6 atom stereocenters. The van der Waals surface area contributed by atoms with Crippen LogP contribution in [0.15, 0.2) is 65.6 Å². The van der Waals surface area contributed by atoms with Gasteiger partial charge >= 0.3 is 5.97 Å². The predicted molar refractivity (Wildman–Crippen MR) is 103 cm³/mol. The first-order chi connectivity index (χ1) is 13.6. The number of carbonyl (C=O) groups excluding carboxylic acids is 1. The fourth-order valence-corrected chi connectivity index (χ4v) is 4.52. The van der Waals surface area contributed by atoms with E-state index in [0.717, 1.165) is 10.5 Å². The van der Waals surface area contributed by atoms with Crippen LogP contribution in [0.1, 0.15) is 18.8 Å². The third-order valence-electron chi connectivity index (χ3n) is 4.68. The van der Waals surface area contributed by atoms with E-state index in [1.165, 1.54) is 18.7 Å². The van der Waals surface area contributed by atoms with Gasteiger partial charge in [0.05, 0.1) is 6.61 Å². The van der Waals surface area contributed by atoms with Crippen molar-refractivity contribution in [2.24, 2.45) is 0 Å². The molecule has 0 aromatic heterocycles. The van der Waals surface area contributed by atoms with E-state index in [4.69, 9.17) is 18.9 Å². The van der Waals surface area contributed by atoms with Crippen molar-refractivity contribution < 1.29 is 28.8 Å². The van der Waals surface area contributed by atoms with Gasteiger partial charge in [-0.25, -0.2) is 0 Å². The Morgan fingerprint density at radius 2 is 1.75 bits per heavy atom. The zero-order chi connectivity index (χ0) is 19.5. The van der Waals surface area contributed by atoms with Crippen LogP contribution in [0.25, 0.3) is 0 Å². The third-order valence-corrected chi connectivity index (χ3v) is 5.83. The summed E-state index contributed by atoms with van der Waals surface area (Å²) in [6.45, 7) is 1.60. The first-order valence-electron chi connectivity index (χ1n) is 9.16. The average molecular weight is 402 g/mol. The van der Waals surface area contributed by atoms with Gasteiger partial charge in [-0.1, -0.05) is 60.3 Å². The van der Waals surface area contributed by atoms with Gasteiger partial charge in [0, 0.05) is 17.4 Å². The molecule has 7 heteroatoms. The maximum Gasteiger partial charge on any atom is 0.303 e. The van der Waals surface area contributed by atoms with Crippen LogP contribution < -0.4 is 0 Å². The zero-order valence-corrected chi connectivity index (χ0v) is 16.2. The molecule has 6 nitrogen and oxygen atoms in total. The molecule has 2 aromatic carbocycles. The number of aliphatic hydroxyl groups excluding tert-OH is 1. The molecule has 2 aliphatic rings. The highest BCUT2D eigenvalue weighted by Gasteiger charge is 2.51. The van der Waals surface area contributed by atoms with E-state index in [1.807, 2.05) is 60.7 Å². The summed E-state index contributed by atoms with van der Waals surface area (Å²) in [5, 5.41) is 11.0. The number of esters is 1. The van der Waals surface area contributed by atoms with Crippen LogP contribution in [-0.2, 0) is 23.7 Å². The molecule has 1 N–H and O–H groups in total. The molecular formula is C21H22O6S. The Morgan fingerprint density at radius 1 is 1.07 bits per heavy atom. The van der Waals surface area contributed by atoms with Gasteiger partial charge in [0.2, 0.25) is 0 Å². The fraction of sp³-hybridized carbons (Fsp3) is 0.381. The zero-order valence-electron chi connectivity index (χ0n) is 15.3. The summed E-state index contributed by atoms with van der Waals surface area (Å²) in [4.78, 5) is 12.6. The molecule has 0 radical (unpaired) electrons. The second-order valence-corrected chi connectivity index (χ2v) is 7.89. The van der Waals surface area contributed by atoms with Crippen molar-refractivity contribution in [2.45, 2.75) is 48.0 Å². The highest BCUT2D eigenvalue weighted by molar-refractivity contribution is 7.99. The van der Waals surface area contributed by atoms with Crippen LogP contribution in [0.4, 0.5) is 0 Å². The smallest absolute Gasteiger partial charge is 0.303 e. The van der Waals surface area contributed by atoms with Crippen molar-refractivity contribution in [2.75, 3.05) is 6.61 Å². The summed E-state index contributed by atoms with van der Waals surface area (Å²) in [7, 11) is 0. The fourth-order valence-electron chi connectivity index (χ4n) is 3.39. The molecule has 0 saturated carbocycles. The number of ether oxygens (including phenoxy) is 4. The molecule has 0 amide bonds. The second-order valence-electron chi connectivity index (χ2n) is 6.72. The molecule has 3 unspecified atom stereocenters. The molecular weight excluding hydrogens is 380 g/mol. The number of thioether (sulfide) groups is 1. The van der Waals surface area contributed by atoms with Gasteiger partial charge in [0.1, 0.15) is 23.7 Å². The Bertz CT molecular complexity index is 786. The van der Waals surface area contributed by atoms with E-state index in [1.54, 1.807) is 0 Å². The predicted octanol–water partition coefficient (Wildman–Crippen LogP) is 2.91. The van der Waals surface area contributed by atoms with Crippen LogP contribution in [0.5, 0.6) is 0 Å². The monoisotopic (exact) mass is 402 g/mol. The van der Waals surface area contributed by atoms with Gasteiger partial charge in [-0.05, 0) is 12.1 Å². The molecule has 0 spiro atoms. The normalized spacial score (nSPS) is 32.4. The van der Waals surface area contributed by atoms with E-state index in [-0.39, 0.29) is 6.61 Å². The second kappa shape index (κ2) is 8.63. The van der Waals surface area contributed by atoms with Crippen molar-refractivity contribution in [3.05, 3.63) is 66.2 Å². The van der Waals surface area contributed by atoms with Crippen molar-refractivity contribution in [1.29, 1.82) is 0 Å². The highest BCUT2D eigenvalue weighted by Crippen LogP contribution is 2.39. The summed E-state index contributed by atoms with van der Waals surface area (Å²) in [6.07, 6.45) is -3.59. The number of hydrogen-bond acceptors (Lipinski definition) is 7. The van der Waals surface area contributed by atoms with Gasteiger partial charge in [-0.15, -0.1) is 0 Å². The van der Waals surface area contributed by atoms with E-state index < -0.39 is 42.1 Å². The minimum atomic E-state index is -1.03. The summed E-state index contributed by atoms with van der Waals surface area (Å²) >= 11 is 1.40. The number of aliphatic hydroxyl groups is 1. The number of benzene rings is 2. The molecule has 2 aliphatic heterocycles. The van der Waals surface area contributed by atoms with E-state index in [2.05, 4.69) is 0 Å². The quantitative estimate of drug-likeness (QED) is 0.788. The Balaban J connectivity index is 1.53. The number of carbonyl (C=O) groups is 1. The lowest BCUT2D eigenvalue weighted by Crippen LogP contribution is -2.61.